The minimum absolute atomic E-state index is 0.0638. The van der Waals surface area contributed by atoms with Crippen LogP contribution >= 0.6 is 0 Å². The zero-order valence-corrected chi connectivity index (χ0v) is 13.4. The van der Waals surface area contributed by atoms with E-state index in [4.69, 9.17) is 4.74 Å². The van der Waals surface area contributed by atoms with E-state index in [1.165, 1.54) is 26.4 Å². The molecule has 0 rings (SSSR count). The van der Waals surface area contributed by atoms with Gasteiger partial charge in [0.1, 0.15) is 7.17 Å². The Balaban J connectivity index is 3.79. The third-order valence-electron chi connectivity index (χ3n) is 3.50. The van der Waals surface area contributed by atoms with Gasteiger partial charge in [0.25, 0.3) is 0 Å². The first-order valence-electron chi connectivity index (χ1n) is 7.52. The van der Waals surface area contributed by atoms with Gasteiger partial charge >= 0.3 is 0 Å². The topological polar surface area (TPSA) is 29.5 Å². The molecule has 1 unspecified atom stereocenters. The van der Waals surface area contributed by atoms with Gasteiger partial charge < -0.3 is 9.84 Å². The Kier molecular flexibility index (Phi) is 8.29. The second-order valence-electron chi connectivity index (χ2n) is 6.96. The monoisotopic (exact) mass is 254 g/mol. The summed E-state index contributed by atoms with van der Waals surface area (Å²) >= 11 is 0. The lowest BCUT2D eigenvalue weighted by Crippen LogP contribution is -2.38. The first-order chi connectivity index (χ1) is 8.16. The molecule has 0 bridgehead atoms. The van der Waals surface area contributed by atoms with Crippen LogP contribution in [-0.2, 0) is 4.74 Å². The fraction of sp³-hybridized carbons (Fsp3) is 1.00. The summed E-state index contributed by atoms with van der Waals surface area (Å²) in [5.41, 5.74) is -0.684. The van der Waals surface area contributed by atoms with E-state index < -0.39 is 5.60 Å². The van der Waals surface area contributed by atoms with Gasteiger partial charge in [0.05, 0.1) is 12.8 Å². The molecule has 0 aliphatic heterocycles. The van der Waals surface area contributed by atoms with Gasteiger partial charge in [0.2, 0.25) is 0 Å². The summed E-state index contributed by atoms with van der Waals surface area (Å²) in [5, 5.41) is 9.65. The molecule has 0 radical (unpaired) electrons. The Morgan fingerprint density at radius 3 is 2.33 bits per heavy atom. The van der Waals surface area contributed by atoms with Crippen LogP contribution in [-0.4, -0.2) is 37.2 Å². The lowest BCUT2D eigenvalue weighted by molar-refractivity contribution is -0.00669. The second kappa shape index (κ2) is 8.27. The van der Waals surface area contributed by atoms with Gasteiger partial charge in [0, 0.05) is 12.1 Å². The molecule has 0 fully saturated rings. The number of rotatable bonds is 10. The van der Waals surface area contributed by atoms with E-state index in [1.54, 1.807) is 0 Å². The summed E-state index contributed by atoms with van der Waals surface area (Å²) in [6, 6.07) is 0. The summed E-state index contributed by atoms with van der Waals surface area (Å²) in [7, 11) is 2.33. The molecule has 106 valence electrons. The van der Waals surface area contributed by atoms with E-state index in [-0.39, 0.29) is 5.50 Å². The van der Waals surface area contributed by atoms with Crippen LogP contribution in [0.15, 0.2) is 0 Å². The first-order valence-corrected chi connectivity index (χ1v) is 7.52. The molecule has 0 spiro atoms. The molecule has 18 heavy (non-hydrogen) atoms. The molecule has 0 aromatic carbocycles. The highest BCUT2D eigenvalue weighted by molar-refractivity contribution is 7.02. The highest BCUT2D eigenvalue weighted by Crippen LogP contribution is 2.16. The van der Waals surface area contributed by atoms with Crippen molar-refractivity contribution in [1.29, 1.82) is 0 Å². The Hall–Kier alpha value is 0.0499. The Morgan fingerprint density at radius 2 is 1.83 bits per heavy atom. The predicted molar refractivity (Wildman–Crippen MR) is 84.2 cm³/mol. The summed E-state index contributed by atoms with van der Waals surface area (Å²) in [5.74, 6) is 0.794. The Bertz CT molecular complexity index is 212. The maximum atomic E-state index is 9.65. The van der Waals surface area contributed by atoms with Gasteiger partial charge in [-0.25, -0.2) is 0 Å². The SMILES string of the molecule is CCCCC(C)BBC(C)(C)OCCC(C)(C)O. The van der Waals surface area contributed by atoms with E-state index in [0.717, 1.165) is 13.0 Å². The maximum Gasteiger partial charge on any atom is 0.127 e. The van der Waals surface area contributed by atoms with E-state index in [1.807, 2.05) is 13.8 Å². The molecular weight excluding hydrogens is 222 g/mol. The van der Waals surface area contributed by atoms with Crippen molar-refractivity contribution in [3.63, 3.8) is 0 Å². The van der Waals surface area contributed by atoms with Crippen LogP contribution in [0.25, 0.3) is 0 Å². The number of hydrogen-bond acceptors (Lipinski definition) is 2. The standard InChI is InChI=1S/C14H32B2O2/c1-7-8-9-12(2)15-16-14(5,6)18-11-10-13(3,4)17/h12,15-17H,7-11H2,1-6H3. The smallest absolute Gasteiger partial charge is 0.127 e. The zero-order valence-electron chi connectivity index (χ0n) is 13.4. The van der Waals surface area contributed by atoms with Gasteiger partial charge in [0.15, 0.2) is 0 Å². The second-order valence-corrected chi connectivity index (χ2v) is 6.96. The summed E-state index contributed by atoms with van der Waals surface area (Å²) in [6.45, 7) is 13.2. The highest BCUT2D eigenvalue weighted by Gasteiger charge is 2.23. The van der Waals surface area contributed by atoms with Gasteiger partial charge in [-0.2, -0.15) is 0 Å². The number of aliphatic hydroxyl groups is 1. The van der Waals surface area contributed by atoms with Crippen molar-refractivity contribution in [2.75, 3.05) is 6.61 Å². The van der Waals surface area contributed by atoms with E-state index >= 15 is 0 Å². The average molecular weight is 254 g/mol. The zero-order chi connectivity index (χ0) is 14.2. The van der Waals surface area contributed by atoms with Crippen LogP contribution < -0.4 is 0 Å². The van der Waals surface area contributed by atoms with Crippen molar-refractivity contribution >= 4 is 14.3 Å². The van der Waals surface area contributed by atoms with E-state index in [9.17, 15) is 5.11 Å². The number of ether oxygens (including phenoxy) is 1. The predicted octanol–water partition coefficient (Wildman–Crippen LogP) is 2.69. The van der Waals surface area contributed by atoms with Crippen molar-refractivity contribution in [3.05, 3.63) is 0 Å². The van der Waals surface area contributed by atoms with Crippen LogP contribution in [0.1, 0.15) is 67.2 Å². The molecule has 1 atom stereocenters. The molecule has 4 heteroatoms. The highest BCUT2D eigenvalue weighted by atomic mass is 16.5. The Morgan fingerprint density at radius 1 is 1.22 bits per heavy atom. The van der Waals surface area contributed by atoms with Gasteiger partial charge in [-0.3, -0.25) is 0 Å². The lowest BCUT2D eigenvalue weighted by atomic mass is 9.28. The van der Waals surface area contributed by atoms with Crippen molar-refractivity contribution in [3.8, 4) is 0 Å². The van der Waals surface area contributed by atoms with Crippen molar-refractivity contribution < 1.29 is 9.84 Å². The van der Waals surface area contributed by atoms with Crippen LogP contribution in [0.2, 0.25) is 5.82 Å². The van der Waals surface area contributed by atoms with Crippen molar-refractivity contribution in [2.24, 2.45) is 0 Å². The van der Waals surface area contributed by atoms with E-state index in [0.29, 0.717) is 13.0 Å². The normalized spacial score (nSPS) is 14.4. The maximum absolute atomic E-state index is 9.65. The number of hydrogen-bond donors (Lipinski definition) is 1. The van der Waals surface area contributed by atoms with Crippen LogP contribution in [0.3, 0.4) is 0 Å². The van der Waals surface area contributed by atoms with Gasteiger partial charge in [-0.1, -0.05) is 38.9 Å². The average Bonchev–Trinajstić information content (AvgIpc) is 2.21. The fourth-order valence-corrected chi connectivity index (χ4v) is 1.94. The molecule has 0 aromatic rings. The van der Waals surface area contributed by atoms with Crippen LogP contribution in [0.4, 0.5) is 0 Å². The summed E-state index contributed by atoms with van der Waals surface area (Å²) in [6.07, 6.45) is 4.65. The van der Waals surface area contributed by atoms with Crippen LogP contribution in [0.5, 0.6) is 0 Å². The summed E-state index contributed by atoms with van der Waals surface area (Å²) in [4.78, 5) is 0. The molecular formula is C14H32B2O2. The van der Waals surface area contributed by atoms with Gasteiger partial charge in [-0.05, 0) is 34.1 Å². The third-order valence-corrected chi connectivity index (χ3v) is 3.50. The lowest BCUT2D eigenvalue weighted by Gasteiger charge is -2.27. The minimum atomic E-state index is -0.621. The molecule has 0 aliphatic rings. The Labute approximate surface area is 115 Å². The molecule has 0 amide bonds. The molecule has 0 aromatic heterocycles. The molecule has 0 heterocycles. The molecule has 1 N–H and O–H groups in total. The van der Waals surface area contributed by atoms with Crippen LogP contribution in [0, 0.1) is 0 Å². The van der Waals surface area contributed by atoms with Crippen molar-refractivity contribution in [1.82, 2.24) is 0 Å². The quantitative estimate of drug-likeness (QED) is 0.607. The summed E-state index contributed by atoms with van der Waals surface area (Å²) < 4.78 is 5.90. The first kappa shape index (κ1) is 18.0. The molecule has 0 aliphatic carbocycles. The number of unbranched alkanes of at least 4 members (excludes halogenated alkanes) is 1. The molecule has 0 saturated carbocycles. The third kappa shape index (κ3) is 11.2. The van der Waals surface area contributed by atoms with E-state index in [2.05, 4.69) is 27.7 Å². The minimum Gasteiger partial charge on any atom is -0.390 e. The fourth-order valence-electron chi connectivity index (χ4n) is 1.94. The van der Waals surface area contributed by atoms with Gasteiger partial charge in [-0.15, -0.1) is 0 Å². The molecule has 0 saturated heterocycles. The van der Waals surface area contributed by atoms with Crippen molar-refractivity contribution in [2.45, 2.75) is 84.1 Å². The largest absolute Gasteiger partial charge is 0.390 e. The molecule has 2 nitrogen and oxygen atoms in total.